The third-order valence-electron chi connectivity index (χ3n) is 1.93. The van der Waals surface area contributed by atoms with E-state index in [1.807, 2.05) is 0 Å². The maximum Gasteiger partial charge on any atom is 0.224 e. The van der Waals surface area contributed by atoms with Crippen LogP contribution in [0.4, 0.5) is 5.69 Å². The number of nitrogens with one attached hydrogen (secondary N) is 1. The molecule has 5 nitrogen and oxygen atoms in total. The number of carbonyl (C=O) groups is 2. The third-order valence-corrected chi connectivity index (χ3v) is 1.93. The van der Waals surface area contributed by atoms with Crippen LogP contribution in [0, 0.1) is 0 Å². The molecule has 0 aliphatic rings. The predicted molar refractivity (Wildman–Crippen MR) is 55.9 cm³/mol. The fraction of sp³-hybridized carbons (Fsp3) is 0.273. The maximum atomic E-state index is 11.2. The van der Waals surface area contributed by atoms with Crippen molar-refractivity contribution in [2.24, 2.45) is 0 Å². The lowest BCUT2D eigenvalue weighted by molar-refractivity contribution is -0.305. The van der Waals surface area contributed by atoms with Crippen LogP contribution in [0.1, 0.15) is 12.8 Å². The Labute approximate surface area is 93.0 Å². The molecule has 0 bridgehead atoms. The average Bonchev–Trinajstić information content (AvgIpc) is 2.27. The topological polar surface area (TPSA) is 78.5 Å². The molecule has 0 unspecified atom stereocenters. The zero-order valence-electron chi connectivity index (χ0n) is 8.86. The van der Waals surface area contributed by atoms with Gasteiger partial charge in [-0.15, -0.1) is 0 Å². The van der Waals surface area contributed by atoms with E-state index in [-0.39, 0.29) is 18.7 Å². The van der Waals surface area contributed by atoms with Crippen molar-refractivity contribution in [1.82, 2.24) is 0 Å². The monoisotopic (exact) mass is 222 g/mol. The van der Waals surface area contributed by atoms with Crippen molar-refractivity contribution in [3.8, 4) is 5.75 Å². The number of benzene rings is 1. The lowest BCUT2D eigenvalue weighted by Crippen LogP contribution is -2.24. The molecule has 0 saturated carbocycles. The summed E-state index contributed by atoms with van der Waals surface area (Å²) < 4.78 is 4.95. The Hall–Kier alpha value is -2.04. The first-order valence-corrected chi connectivity index (χ1v) is 4.75. The van der Waals surface area contributed by atoms with Crippen LogP contribution < -0.4 is 15.2 Å². The summed E-state index contributed by atoms with van der Waals surface area (Å²) in [5.41, 5.74) is 0.601. The number of hydrogen-bond donors (Lipinski definition) is 1. The van der Waals surface area contributed by atoms with Crippen LogP contribution in [0.5, 0.6) is 5.75 Å². The van der Waals surface area contributed by atoms with Crippen molar-refractivity contribution in [2.45, 2.75) is 12.8 Å². The van der Waals surface area contributed by atoms with Crippen LogP contribution in [-0.2, 0) is 9.59 Å². The fourth-order valence-corrected chi connectivity index (χ4v) is 1.11. The van der Waals surface area contributed by atoms with Crippen LogP contribution in [0.3, 0.4) is 0 Å². The molecule has 0 fully saturated rings. The van der Waals surface area contributed by atoms with Crippen molar-refractivity contribution >= 4 is 17.6 Å². The number of rotatable bonds is 5. The lowest BCUT2D eigenvalue weighted by atomic mass is 10.2. The van der Waals surface area contributed by atoms with Crippen molar-refractivity contribution in [3.63, 3.8) is 0 Å². The van der Waals surface area contributed by atoms with E-state index < -0.39 is 5.97 Å². The van der Waals surface area contributed by atoms with Crippen LogP contribution in [-0.4, -0.2) is 19.0 Å². The molecular weight excluding hydrogens is 210 g/mol. The number of carboxylic acid groups (broad SMARTS) is 1. The number of methoxy groups -OCH3 is 1. The lowest BCUT2D eigenvalue weighted by Gasteiger charge is -2.06. The minimum atomic E-state index is -1.23. The van der Waals surface area contributed by atoms with Gasteiger partial charge in [0.25, 0.3) is 0 Å². The van der Waals surface area contributed by atoms with Gasteiger partial charge in [0.1, 0.15) is 5.75 Å². The maximum absolute atomic E-state index is 11.2. The summed E-state index contributed by atoms with van der Waals surface area (Å²) in [7, 11) is 1.55. The normalized spacial score (nSPS) is 9.56. The Morgan fingerprint density at radius 2 is 1.88 bits per heavy atom. The molecule has 0 heterocycles. The van der Waals surface area contributed by atoms with Crippen molar-refractivity contribution in [3.05, 3.63) is 24.3 Å². The summed E-state index contributed by atoms with van der Waals surface area (Å²) in [6.45, 7) is 0. The number of aliphatic carboxylic acids is 1. The van der Waals surface area contributed by atoms with Crippen molar-refractivity contribution in [2.75, 3.05) is 12.4 Å². The summed E-state index contributed by atoms with van der Waals surface area (Å²) in [4.78, 5) is 21.4. The summed E-state index contributed by atoms with van der Waals surface area (Å²) >= 11 is 0. The van der Waals surface area contributed by atoms with Gasteiger partial charge in [0.05, 0.1) is 7.11 Å². The molecule has 1 amide bonds. The molecule has 0 aromatic heterocycles. The Morgan fingerprint density at radius 3 is 2.38 bits per heavy atom. The summed E-state index contributed by atoms with van der Waals surface area (Å²) in [5.74, 6) is -0.896. The first-order chi connectivity index (χ1) is 7.61. The molecular formula is C11H12NO4-. The minimum Gasteiger partial charge on any atom is -0.550 e. The highest BCUT2D eigenvalue weighted by Crippen LogP contribution is 2.15. The quantitative estimate of drug-likeness (QED) is 0.769. The van der Waals surface area contributed by atoms with Gasteiger partial charge in [-0.2, -0.15) is 0 Å². The van der Waals surface area contributed by atoms with Crippen LogP contribution in [0.25, 0.3) is 0 Å². The Bertz CT molecular complexity index is 372. The molecule has 1 aromatic carbocycles. The van der Waals surface area contributed by atoms with Gasteiger partial charge in [-0.3, -0.25) is 4.79 Å². The molecule has 1 rings (SSSR count). The predicted octanol–water partition coefficient (Wildman–Crippen LogP) is 0.164. The van der Waals surface area contributed by atoms with Gasteiger partial charge in [-0.25, -0.2) is 0 Å². The summed E-state index contributed by atoms with van der Waals surface area (Å²) in [6.07, 6.45) is -0.365. The Kier molecular flexibility index (Phi) is 4.32. The molecule has 0 aliphatic heterocycles. The second-order valence-corrected chi connectivity index (χ2v) is 3.15. The number of hydrogen-bond acceptors (Lipinski definition) is 4. The molecule has 5 heteroatoms. The van der Waals surface area contributed by atoms with E-state index in [0.29, 0.717) is 11.4 Å². The Morgan fingerprint density at radius 1 is 1.25 bits per heavy atom. The first kappa shape index (κ1) is 12.0. The highest BCUT2D eigenvalue weighted by molar-refractivity contribution is 5.92. The minimum absolute atomic E-state index is 0.0889. The van der Waals surface area contributed by atoms with Gasteiger partial charge < -0.3 is 20.0 Å². The third kappa shape index (κ3) is 4.00. The molecule has 0 radical (unpaired) electrons. The second kappa shape index (κ2) is 5.75. The van der Waals surface area contributed by atoms with Gasteiger partial charge in [-0.05, 0) is 30.7 Å². The van der Waals surface area contributed by atoms with E-state index in [0.717, 1.165) is 0 Å². The summed E-state index contributed by atoms with van der Waals surface area (Å²) in [6, 6.07) is 6.76. The van der Waals surface area contributed by atoms with Gasteiger partial charge in [0.2, 0.25) is 5.91 Å². The van der Waals surface area contributed by atoms with Crippen molar-refractivity contribution in [1.29, 1.82) is 0 Å². The molecule has 16 heavy (non-hydrogen) atoms. The zero-order valence-corrected chi connectivity index (χ0v) is 8.86. The molecule has 0 aliphatic carbocycles. The van der Waals surface area contributed by atoms with E-state index in [1.54, 1.807) is 31.4 Å². The molecule has 1 aromatic rings. The zero-order chi connectivity index (χ0) is 12.0. The molecule has 1 N–H and O–H groups in total. The largest absolute Gasteiger partial charge is 0.550 e. The first-order valence-electron chi connectivity index (χ1n) is 4.75. The van der Waals surface area contributed by atoms with E-state index in [9.17, 15) is 14.7 Å². The van der Waals surface area contributed by atoms with E-state index >= 15 is 0 Å². The number of anilines is 1. The van der Waals surface area contributed by atoms with Gasteiger partial charge in [-0.1, -0.05) is 0 Å². The molecule has 0 saturated heterocycles. The number of ether oxygens (including phenoxy) is 1. The number of carboxylic acids is 1. The highest BCUT2D eigenvalue weighted by atomic mass is 16.5. The second-order valence-electron chi connectivity index (χ2n) is 3.15. The Balaban J connectivity index is 2.46. The molecule has 0 spiro atoms. The molecule has 86 valence electrons. The van der Waals surface area contributed by atoms with Crippen LogP contribution in [0.15, 0.2) is 24.3 Å². The van der Waals surface area contributed by atoms with Crippen LogP contribution >= 0.6 is 0 Å². The smallest absolute Gasteiger partial charge is 0.224 e. The average molecular weight is 222 g/mol. The number of amides is 1. The van der Waals surface area contributed by atoms with E-state index in [1.165, 1.54) is 0 Å². The summed E-state index contributed by atoms with van der Waals surface area (Å²) in [5, 5.41) is 12.7. The van der Waals surface area contributed by atoms with Crippen molar-refractivity contribution < 1.29 is 19.4 Å². The number of carbonyl (C=O) groups excluding carboxylic acids is 2. The van der Waals surface area contributed by atoms with E-state index in [4.69, 9.17) is 4.74 Å². The SMILES string of the molecule is COc1ccc(NC(=O)CCC(=O)[O-])cc1. The standard InChI is InChI=1S/C11H13NO4/c1-16-9-4-2-8(3-5-9)12-10(13)6-7-11(14)15/h2-5H,6-7H2,1H3,(H,12,13)(H,14,15)/p-1. The molecule has 0 atom stereocenters. The highest BCUT2D eigenvalue weighted by Gasteiger charge is 2.02. The van der Waals surface area contributed by atoms with E-state index in [2.05, 4.69) is 5.32 Å². The van der Waals surface area contributed by atoms with Gasteiger partial charge >= 0.3 is 0 Å². The van der Waals surface area contributed by atoms with Gasteiger partial charge in [0, 0.05) is 18.1 Å². The fourth-order valence-electron chi connectivity index (χ4n) is 1.11. The van der Waals surface area contributed by atoms with Crippen LogP contribution in [0.2, 0.25) is 0 Å². The van der Waals surface area contributed by atoms with Gasteiger partial charge in [0.15, 0.2) is 0 Å².